The first-order valence-corrected chi connectivity index (χ1v) is 8.76. The van der Waals surface area contributed by atoms with Gasteiger partial charge in [-0.2, -0.15) is 0 Å². The average Bonchev–Trinajstić information content (AvgIpc) is 3.26. The van der Waals surface area contributed by atoms with Gasteiger partial charge in [0.15, 0.2) is 5.69 Å². The van der Waals surface area contributed by atoms with E-state index in [4.69, 9.17) is 9.84 Å². The number of nitrogens with zero attached hydrogens (tertiary/aromatic N) is 2. The predicted molar refractivity (Wildman–Crippen MR) is 94.4 cm³/mol. The summed E-state index contributed by atoms with van der Waals surface area (Å²) in [6, 6.07) is 7.16. The Kier molecular flexibility index (Phi) is 5.17. The number of methoxy groups -OCH3 is 1. The number of ether oxygens (including phenoxy) is 1. The zero-order chi connectivity index (χ0) is 18.7. The monoisotopic (exact) mass is 375 g/mol. The van der Waals surface area contributed by atoms with Crippen molar-refractivity contribution in [2.45, 2.75) is 13.0 Å². The summed E-state index contributed by atoms with van der Waals surface area (Å²) in [4.78, 5) is 41.0. The number of aromatic nitrogens is 1. The molecule has 1 fully saturated rings. The first kappa shape index (κ1) is 17.9. The molecule has 9 heteroatoms. The Morgan fingerprint density at radius 1 is 1.42 bits per heavy atom. The summed E-state index contributed by atoms with van der Waals surface area (Å²) >= 11 is 1.16. The average molecular weight is 375 g/mol. The van der Waals surface area contributed by atoms with Gasteiger partial charge in [-0.1, -0.05) is 12.1 Å². The van der Waals surface area contributed by atoms with Gasteiger partial charge in [0, 0.05) is 18.3 Å². The van der Waals surface area contributed by atoms with Crippen molar-refractivity contribution in [2.24, 2.45) is 5.92 Å². The van der Waals surface area contributed by atoms with Crippen LogP contribution in [0, 0.1) is 5.92 Å². The third kappa shape index (κ3) is 3.67. The predicted octanol–water partition coefficient (Wildman–Crippen LogP) is 1.52. The second kappa shape index (κ2) is 7.52. The van der Waals surface area contributed by atoms with Crippen LogP contribution in [0.2, 0.25) is 0 Å². The van der Waals surface area contributed by atoms with E-state index in [-0.39, 0.29) is 37.0 Å². The fourth-order valence-corrected chi connectivity index (χ4v) is 3.47. The van der Waals surface area contributed by atoms with Crippen LogP contribution < -0.4 is 15.0 Å². The molecule has 1 aromatic carbocycles. The van der Waals surface area contributed by atoms with Gasteiger partial charge >= 0.3 is 5.97 Å². The van der Waals surface area contributed by atoms with Crippen LogP contribution in [-0.4, -0.2) is 41.5 Å². The van der Waals surface area contributed by atoms with E-state index in [1.165, 1.54) is 12.5 Å². The first-order chi connectivity index (χ1) is 12.5. The summed E-state index contributed by atoms with van der Waals surface area (Å²) in [7, 11) is 1.53. The van der Waals surface area contributed by atoms with Gasteiger partial charge in [0.2, 0.25) is 11.8 Å². The molecule has 0 unspecified atom stereocenters. The zero-order valence-corrected chi connectivity index (χ0v) is 14.8. The Morgan fingerprint density at radius 2 is 2.19 bits per heavy atom. The van der Waals surface area contributed by atoms with Gasteiger partial charge in [-0.3, -0.25) is 9.59 Å². The Bertz CT molecular complexity index is 850. The number of para-hydroxylation sites is 2. The van der Waals surface area contributed by atoms with Crippen molar-refractivity contribution in [1.82, 2.24) is 10.3 Å². The largest absolute Gasteiger partial charge is 0.495 e. The molecular formula is C17H17N3O5S. The van der Waals surface area contributed by atoms with Crippen LogP contribution in [0.25, 0.3) is 0 Å². The van der Waals surface area contributed by atoms with Crippen LogP contribution in [0.3, 0.4) is 0 Å². The highest BCUT2D eigenvalue weighted by atomic mass is 32.1. The molecule has 3 rings (SSSR count). The van der Waals surface area contributed by atoms with Crippen molar-refractivity contribution in [3.05, 3.63) is 40.3 Å². The van der Waals surface area contributed by atoms with Gasteiger partial charge in [-0.05, 0) is 12.1 Å². The highest BCUT2D eigenvalue weighted by Gasteiger charge is 2.36. The molecule has 2 amide bonds. The number of carbonyl (C=O) groups is 3. The molecule has 8 nitrogen and oxygen atoms in total. The number of carbonyl (C=O) groups excluding carboxylic acids is 2. The van der Waals surface area contributed by atoms with E-state index in [9.17, 15) is 14.4 Å². The number of aromatic carboxylic acids is 1. The number of carboxylic acids is 1. The minimum atomic E-state index is -1.10. The molecule has 1 aliphatic heterocycles. The Hall–Kier alpha value is -2.94. The lowest BCUT2D eigenvalue weighted by atomic mass is 10.1. The highest BCUT2D eigenvalue weighted by molar-refractivity contribution is 7.09. The fraction of sp³-hybridized carbons (Fsp3) is 0.294. The van der Waals surface area contributed by atoms with Crippen molar-refractivity contribution in [3.8, 4) is 5.75 Å². The number of benzene rings is 1. The van der Waals surface area contributed by atoms with Crippen LogP contribution in [0.1, 0.15) is 21.9 Å². The summed E-state index contributed by atoms with van der Waals surface area (Å²) in [5.41, 5.74) is 0.596. The van der Waals surface area contributed by atoms with Crippen LogP contribution in [-0.2, 0) is 16.1 Å². The lowest BCUT2D eigenvalue weighted by Crippen LogP contribution is -2.32. The number of anilines is 1. The van der Waals surface area contributed by atoms with Crippen molar-refractivity contribution in [1.29, 1.82) is 0 Å². The van der Waals surface area contributed by atoms with Gasteiger partial charge < -0.3 is 20.1 Å². The summed E-state index contributed by atoms with van der Waals surface area (Å²) in [6.45, 7) is 0.402. The molecule has 26 heavy (non-hydrogen) atoms. The second-order valence-corrected chi connectivity index (χ2v) is 6.67. The van der Waals surface area contributed by atoms with Crippen LogP contribution >= 0.6 is 11.3 Å². The van der Waals surface area contributed by atoms with Gasteiger partial charge in [0.25, 0.3) is 0 Å². The standard InChI is InChI=1S/C17H17N3O5S/c1-25-13-5-3-2-4-12(13)20-8-10(6-15(20)21)16(22)18-7-14-19-11(9-26-14)17(23)24/h2-5,9-10H,6-8H2,1H3,(H,18,22)(H,23,24)/t10-/m0/s1. The number of amides is 2. The second-order valence-electron chi connectivity index (χ2n) is 5.73. The summed E-state index contributed by atoms with van der Waals surface area (Å²) in [5.74, 6) is -1.41. The molecule has 0 radical (unpaired) electrons. The molecule has 2 aromatic rings. The normalized spacial score (nSPS) is 16.6. The summed E-state index contributed by atoms with van der Waals surface area (Å²) in [5, 5.41) is 13.5. The van der Waals surface area contributed by atoms with Gasteiger partial charge in [-0.15, -0.1) is 11.3 Å². The number of hydrogen-bond acceptors (Lipinski definition) is 6. The molecule has 136 valence electrons. The van der Waals surface area contributed by atoms with E-state index < -0.39 is 11.9 Å². The number of hydrogen-bond donors (Lipinski definition) is 2. The molecule has 0 spiro atoms. The van der Waals surface area contributed by atoms with Crippen molar-refractivity contribution >= 4 is 34.8 Å². The van der Waals surface area contributed by atoms with Crippen LogP contribution in [0.4, 0.5) is 5.69 Å². The van der Waals surface area contributed by atoms with Gasteiger partial charge in [0.05, 0.1) is 25.3 Å². The Morgan fingerprint density at radius 3 is 2.88 bits per heavy atom. The lowest BCUT2D eigenvalue weighted by Gasteiger charge is -2.19. The van der Waals surface area contributed by atoms with E-state index in [0.29, 0.717) is 16.4 Å². The Balaban J connectivity index is 1.62. The molecule has 0 saturated carbocycles. The minimum absolute atomic E-state index is 0.0439. The summed E-state index contributed by atoms with van der Waals surface area (Å²) < 4.78 is 5.28. The van der Waals surface area contributed by atoms with Gasteiger partial charge in [-0.25, -0.2) is 9.78 Å². The fourth-order valence-electron chi connectivity index (χ4n) is 2.77. The molecule has 2 heterocycles. The van der Waals surface area contributed by atoms with Crippen LogP contribution in [0.5, 0.6) is 5.75 Å². The Labute approximate surface area is 153 Å². The third-order valence-electron chi connectivity index (χ3n) is 4.06. The molecular weight excluding hydrogens is 358 g/mol. The van der Waals surface area contributed by atoms with Crippen LogP contribution in [0.15, 0.2) is 29.6 Å². The van der Waals surface area contributed by atoms with Crippen molar-refractivity contribution in [3.63, 3.8) is 0 Å². The SMILES string of the molecule is COc1ccccc1N1C[C@@H](C(=O)NCc2nc(C(=O)O)cs2)CC1=O. The first-order valence-electron chi connectivity index (χ1n) is 7.88. The van der Waals surface area contributed by atoms with Crippen molar-refractivity contribution in [2.75, 3.05) is 18.6 Å². The number of rotatable bonds is 6. The molecule has 1 aliphatic rings. The maximum atomic E-state index is 12.4. The molecule has 0 aliphatic carbocycles. The summed E-state index contributed by atoms with van der Waals surface area (Å²) in [6.07, 6.45) is 0.113. The maximum absolute atomic E-state index is 12.4. The molecule has 0 bridgehead atoms. The smallest absolute Gasteiger partial charge is 0.355 e. The molecule has 2 N–H and O–H groups in total. The third-order valence-corrected chi connectivity index (χ3v) is 4.91. The van der Waals surface area contributed by atoms with Crippen molar-refractivity contribution < 1.29 is 24.2 Å². The van der Waals surface area contributed by atoms with E-state index in [1.807, 2.05) is 6.07 Å². The highest BCUT2D eigenvalue weighted by Crippen LogP contribution is 2.32. The van der Waals surface area contributed by atoms with E-state index >= 15 is 0 Å². The minimum Gasteiger partial charge on any atom is -0.495 e. The van der Waals surface area contributed by atoms with E-state index in [1.54, 1.807) is 23.1 Å². The molecule has 1 aromatic heterocycles. The molecule has 1 saturated heterocycles. The quantitative estimate of drug-likeness (QED) is 0.792. The number of nitrogens with one attached hydrogen (secondary N) is 1. The lowest BCUT2D eigenvalue weighted by molar-refractivity contribution is -0.126. The topological polar surface area (TPSA) is 109 Å². The number of carboxylic acid groups (broad SMARTS) is 1. The zero-order valence-electron chi connectivity index (χ0n) is 14.0. The number of thiazole rings is 1. The van der Waals surface area contributed by atoms with Gasteiger partial charge in [0.1, 0.15) is 10.8 Å². The maximum Gasteiger partial charge on any atom is 0.355 e. The van der Waals surface area contributed by atoms with E-state index in [0.717, 1.165) is 11.3 Å². The van der Waals surface area contributed by atoms with E-state index in [2.05, 4.69) is 10.3 Å². The molecule has 1 atom stereocenters.